The van der Waals surface area contributed by atoms with Gasteiger partial charge in [0.25, 0.3) is 0 Å². The van der Waals surface area contributed by atoms with E-state index in [-0.39, 0.29) is 6.04 Å². The third kappa shape index (κ3) is 3.61. The number of carbonyl (C=O) groups is 1. The molecule has 1 amide bonds. The van der Waals surface area contributed by atoms with E-state index >= 15 is 0 Å². The SMILES string of the molecule is C=CCC(CC1(CCC)OCCO1)NC=O. The van der Waals surface area contributed by atoms with E-state index in [1.54, 1.807) is 6.08 Å². The first-order valence-electron chi connectivity index (χ1n) is 5.85. The summed E-state index contributed by atoms with van der Waals surface area (Å²) in [7, 11) is 0. The molecule has 0 bridgehead atoms. The molecule has 0 radical (unpaired) electrons. The van der Waals surface area contributed by atoms with Gasteiger partial charge in [-0.3, -0.25) is 4.79 Å². The van der Waals surface area contributed by atoms with Crippen molar-refractivity contribution in [2.75, 3.05) is 13.2 Å². The fraction of sp³-hybridized carbons (Fsp3) is 0.750. The van der Waals surface area contributed by atoms with Crippen molar-refractivity contribution in [3.05, 3.63) is 12.7 Å². The van der Waals surface area contributed by atoms with E-state index in [2.05, 4.69) is 18.8 Å². The van der Waals surface area contributed by atoms with Gasteiger partial charge >= 0.3 is 0 Å². The molecule has 0 aromatic rings. The molecule has 1 aliphatic rings. The minimum atomic E-state index is -0.502. The molecule has 1 N–H and O–H groups in total. The van der Waals surface area contributed by atoms with Gasteiger partial charge in [-0.2, -0.15) is 0 Å². The van der Waals surface area contributed by atoms with Crippen LogP contribution in [0.25, 0.3) is 0 Å². The molecule has 1 saturated heterocycles. The molecule has 0 spiro atoms. The first-order valence-corrected chi connectivity index (χ1v) is 5.85. The van der Waals surface area contributed by atoms with Crippen LogP contribution in [0.5, 0.6) is 0 Å². The third-order valence-corrected chi connectivity index (χ3v) is 2.76. The third-order valence-electron chi connectivity index (χ3n) is 2.76. The van der Waals surface area contributed by atoms with Crippen LogP contribution in [0.1, 0.15) is 32.6 Å². The van der Waals surface area contributed by atoms with Crippen molar-refractivity contribution in [1.29, 1.82) is 0 Å². The Hall–Kier alpha value is -0.870. The summed E-state index contributed by atoms with van der Waals surface area (Å²) in [6.45, 7) is 7.07. The summed E-state index contributed by atoms with van der Waals surface area (Å²) < 4.78 is 11.4. The van der Waals surface area contributed by atoms with E-state index < -0.39 is 5.79 Å². The largest absolute Gasteiger partial charge is 0.355 e. The van der Waals surface area contributed by atoms with Crippen LogP contribution in [0.2, 0.25) is 0 Å². The molecular weight excluding hydrogens is 206 g/mol. The summed E-state index contributed by atoms with van der Waals surface area (Å²) in [6.07, 6.45) is 5.81. The lowest BCUT2D eigenvalue weighted by Gasteiger charge is -2.30. The van der Waals surface area contributed by atoms with Crippen LogP contribution in [-0.4, -0.2) is 31.5 Å². The number of rotatable bonds is 8. The van der Waals surface area contributed by atoms with E-state index in [0.717, 1.165) is 25.7 Å². The Bertz CT molecular complexity index is 214. The van der Waals surface area contributed by atoms with E-state index in [4.69, 9.17) is 9.47 Å². The Morgan fingerprint density at radius 2 is 2.19 bits per heavy atom. The zero-order valence-corrected chi connectivity index (χ0v) is 9.91. The van der Waals surface area contributed by atoms with Gasteiger partial charge in [-0.15, -0.1) is 6.58 Å². The summed E-state index contributed by atoms with van der Waals surface area (Å²) in [5.41, 5.74) is 0. The predicted molar refractivity (Wildman–Crippen MR) is 62.0 cm³/mol. The molecule has 4 nitrogen and oxygen atoms in total. The Balaban J connectivity index is 2.56. The van der Waals surface area contributed by atoms with Crippen LogP contribution < -0.4 is 5.32 Å². The topological polar surface area (TPSA) is 47.6 Å². The molecule has 0 aromatic carbocycles. The fourth-order valence-electron chi connectivity index (χ4n) is 2.13. The van der Waals surface area contributed by atoms with E-state index in [9.17, 15) is 4.79 Å². The van der Waals surface area contributed by atoms with Gasteiger partial charge in [0.2, 0.25) is 6.41 Å². The molecule has 0 saturated carbocycles. The van der Waals surface area contributed by atoms with Crippen LogP contribution in [0.3, 0.4) is 0 Å². The zero-order valence-electron chi connectivity index (χ0n) is 9.91. The first kappa shape index (κ1) is 13.2. The molecule has 1 atom stereocenters. The highest BCUT2D eigenvalue weighted by Gasteiger charge is 2.37. The van der Waals surface area contributed by atoms with Crippen molar-refractivity contribution in [2.24, 2.45) is 0 Å². The van der Waals surface area contributed by atoms with Crippen LogP contribution >= 0.6 is 0 Å². The second-order valence-corrected chi connectivity index (χ2v) is 4.07. The highest BCUT2D eigenvalue weighted by atomic mass is 16.7. The van der Waals surface area contributed by atoms with Crippen LogP contribution in [0.4, 0.5) is 0 Å². The number of hydrogen-bond donors (Lipinski definition) is 1. The van der Waals surface area contributed by atoms with Crippen molar-refractivity contribution in [3.63, 3.8) is 0 Å². The maximum atomic E-state index is 10.5. The summed E-state index contributed by atoms with van der Waals surface area (Å²) in [4.78, 5) is 10.5. The van der Waals surface area contributed by atoms with Crippen molar-refractivity contribution < 1.29 is 14.3 Å². The van der Waals surface area contributed by atoms with Crippen LogP contribution in [0, 0.1) is 0 Å². The Kier molecular flexibility index (Phi) is 5.49. The van der Waals surface area contributed by atoms with Gasteiger partial charge in [-0.25, -0.2) is 0 Å². The summed E-state index contributed by atoms with van der Waals surface area (Å²) in [5.74, 6) is -0.502. The maximum absolute atomic E-state index is 10.5. The average Bonchev–Trinajstić information content (AvgIpc) is 2.68. The standard InChI is InChI=1S/C12H21NO3/c1-3-5-11(13-10-14)9-12(6-4-2)15-7-8-16-12/h3,10-11H,1,4-9H2,2H3,(H,13,14). The molecule has 1 heterocycles. The van der Waals surface area contributed by atoms with Crippen molar-refractivity contribution in [1.82, 2.24) is 5.32 Å². The van der Waals surface area contributed by atoms with E-state index in [1.807, 2.05) is 0 Å². The van der Waals surface area contributed by atoms with Crippen molar-refractivity contribution >= 4 is 6.41 Å². The summed E-state index contributed by atoms with van der Waals surface area (Å²) in [5, 5.41) is 2.78. The molecular formula is C12H21NO3. The normalized spacial score (nSPS) is 20.3. The molecule has 0 aliphatic carbocycles. The Morgan fingerprint density at radius 3 is 2.69 bits per heavy atom. The minimum Gasteiger partial charge on any atom is -0.355 e. The molecule has 92 valence electrons. The predicted octanol–water partition coefficient (Wildman–Crippen LogP) is 1.61. The second kappa shape index (κ2) is 6.66. The first-order chi connectivity index (χ1) is 7.76. The molecule has 1 aliphatic heterocycles. The average molecular weight is 227 g/mol. The molecule has 1 rings (SSSR count). The monoisotopic (exact) mass is 227 g/mol. The lowest BCUT2D eigenvalue weighted by Crippen LogP contribution is -2.40. The molecule has 1 unspecified atom stereocenters. The molecule has 0 aromatic heterocycles. The zero-order chi connectivity index (χ0) is 11.9. The minimum absolute atomic E-state index is 0.0413. The molecule has 1 fully saturated rings. The van der Waals surface area contributed by atoms with Gasteiger partial charge in [-0.1, -0.05) is 19.4 Å². The van der Waals surface area contributed by atoms with Gasteiger partial charge < -0.3 is 14.8 Å². The van der Waals surface area contributed by atoms with Crippen LogP contribution in [0.15, 0.2) is 12.7 Å². The van der Waals surface area contributed by atoms with Gasteiger partial charge in [-0.05, 0) is 6.42 Å². The Labute approximate surface area is 97.0 Å². The fourth-order valence-corrected chi connectivity index (χ4v) is 2.13. The number of amides is 1. The summed E-state index contributed by atoms with van der Waals surface area (Å²) in [6, 6.07) is 0.0413. The highest BCUT2D eigenvalue weighted by molar-refractivity contribution is 5.46. The lowest BCUT2D eigenvalue weighted by molar-refractivity contribution is -0.171. The number of carbonyl (C=O) groups excluding carboxylic acids is 1. The number of nitrogens with one attached hydrogen (secondary N) is 1. The van der Waals surface area contributed by atoms with Crippen molar-refractivity contribution in [2.45, 2.75) is 44.4 Å². The van der Waals surface area contributed by atoms with Gasteiger partial charge in [0.1, 0.15) is 0 Å². The van der Waals surface area contributed by atoms with E-state index in [1.165, 1.54) is 0 Å². The van der Waals surface area contributed by atoms with Gasteiger partial charge in [0.15, 0.2) is 5.79 Å². The van der Waals surface area contributed by atoms with E-state index in [0.29, 0.717) is 19.6 Å². The molecule has 4 heteroatoms. The number of hydrogen-bond acceptors (Lipinski definition) is 3. The number of ether oxygens (including phenoxy) is 2. The lowest BCUT2D eigenvalue weighted by atomic mass is 9.99. The Morgan fingerprint density at radius 1 is 1.50 bits per heavy atom. The summed E-state index contributed by atoms with van der Waals surface area (Å²) >= 11 is 0. The molecule has 16 heavy (non-hydrogen) atoms. The quantitative estimate of drug-likeness (QED) is 0.506. The highest BCUT2D eigenvalue weighted by Crippen LogP contribution is 2.30. The van der Waals surface area contributed by atoms with Gasteiger partial charge in [0, 0.05) is 18.9 Å². The smallest absolute Gasteiger partial charge is 0.207 e. The maximum Gasteiger partial charge on any atom is 0.207 e. The van der Waals surface area contributed by atoms with Crippen molar-refractivity contribution in [3.8, 4) is 0 Å². The second-order valence-electron chi connectivity index (χ2n) is 4.07. The van der Waals surface area contributed by atoms with Gasteiger partial charge in [0.05, 0.1) is 13.2 Å². The van der Waals surface area contributed by atoms with Crippen LogP contribution in [-0.2, 0) is 14.3 Å².